The summed E-state index contributed by atoms with van der Waals surface area (Å²) in [6, 6.07) is 2.75. The fraction of sp³-hybridized carbons (Fsp3) is 0.533. The summed E-state index contributed by atoms with van der Waals surface area (Å²) in [7, 11) is 0. The number of hydrogen-bond donors (Lipinski definition) is 2. The highest BCUT2D eigenvalue weighted by Gasteiger charge is 2.27. The van der Waals surface area contributed by atoms with Crippen LogP contribution in [0.5, 0.6) is 0 Å². The van der Waals surface area contributed by atoms with Crippen LogP contribution in [-0.2, 0) is 0 Å². The zero-order valence-electron chi connectivity index (χ0n) is 12.0. The van der Waals surface area contributed by atoms with E-state index in [0.717, 1.165) is 31.7 Å². The van der Waals surface area contributed by atoms with Crippen molar-refractivity contribution in [2.45, 2.75) is 44.7 Å². The standard InChI is InChI=1S/C15H20F2N2O2/c1-2-19(10-5-3-9(18)4-6-10)12-8-7-11(15(20)21)13(16)14(12)17/h7-10H,2-6,18H2,1H3,(H,20,21). The summed E-state index contributed by atoms with van der Waals surface area (Å²) < 4.78 is 28.0. The minimum atomic E-state index is -1.47. The molecule has 0 spiro atoms. The highest BCUT2D eigenvalue weighted by molar-refractivity contribution is 5.88. The molecule has 0 unspecified atom stereocenters. The minimum absolute atomic E-state index is 0.111. The molecule has 116 valence electrons. The predicted octanol–water partition coefficient (Wildman–Crippen LogP) is 2.76. The summed E-state index contributed by atoms with van der Waals surface area (Å²) in [6.45, 7) is 2.40. The summed E-state index contributed by atoms with van der Waals surface area (Å²) in [4.78, 5) is 12.6. The number of nitrogens with zero attached hydrogens (tertiary/aromatic N) is 1. The van der Waals surface area contributed by atoms with Gasteiger partial charge >= 0.3 is 5.97 Å². The molecule has 6 heteroatoms. The molecule has 3 N–H and O–H groups in total. The lowest BCUT2D eigenvalue weighted by Crippen LogP contribution is -2.41. The normalized spacial score (nSPS) is 22.1. The fourth-order valence-electron chi connectivity index (χ4n) is 2.96. The smallest absolute Gasteiger partial charge is 0.338 e. The number of halogens is 2. The van der Waals surface area contributed by atoms with Crippen LogP contribution < -0.4 is 10.6 Å². The molecule has 2 rings (SSSR count). The second kappa shape index (κ2) is 6.39. The first-order chi connectivity index (χ1) is 9.95. The van der Waals surface area contributed by atoms with Crippen LogP contribution in [0, 0.1) is 11.6 Å². The Morgan fingerprint density at radius 3 is 2.43 bits per heavy atom. The Bertz CT molecular complexity index is 529. The number of hydrogen-bond acceptors (Lipinski definition) is 3. The molecule has 4 nitrogen and oxygen atoms in total. The summed E-state index contributed by atoms with van der Waals surface area (Å²) >= 11 is 0. The molecule has 0 saturated heterocycles. The van der Waals surface area contributed by atoms with Gasteiger partial charge in [-0.3, -0.25) is 0 Å². The van der Waals surface area contributed by atoms with Crippen molar-refractivity contribution in [3.05, 3.63) is 29.3 Å². The van der Waals surface area contributed by atoms with Gasteiger partial charge in [0, 0.05) is 18.6 Å². The summed E-state index contributed by atoms with van der Waals surface area (Å²) in [5, 5.41) is 8.82. The van der Waals surface area contributed by atoms with Crippen molar-refractivity contribution in [2.75, 3.05) is 11.4 Å². The molecule has 0 bridgehead atoms. The summed E-state index contributed by atoms with van der Waals surface area (Å²) in [6.07, 6.45) is 3.38. The van der Waals surface area contributed by atoms with Gasteiger partial charge in [0.2, 0.25) is 0 Å². The number of carboxylic acid groups (broad SMARTS) is 1. The van der Waals surface area contributed by atoms with Gasteiger partial charge in [0.1, 0.15) is 0 Å². The molecule has 1 fully saturated rings. The fourth-order valence-corrected chi connectivity index (χ4v) is 2.96. The van der Waals surface area contributed by atoms with Crippen molar-refractivity contribution in [3.8, 4) is 0 Å². The van der Waals surface area contributed by atoms with Crippen molar-refractivity contribution in [2.24, 2.45) is 5.73 Å². The van der Waals surface area contributed by atoms with Gasteiger partial charge in [-0.05, 0) is 44.7 Å². The van der Waals surface area contributed by atoms with Gasteiger partial charge in [-0.25, -0.2) is 13.6 Å². The quantitative estimate of drug-likeness (QED) is 0.897. The minimum Gasteiger partial charge on any atom is -0.478 e. The molecule has 1 aromatic carbocycles. The lowest BCUT2D eigenvalue weighted by atomic mass is 9.90. The van der Waals surface area contributed by atoms with E-state index in [-0.39, 0.29) is 17.8 Å². The van der Waals surface area contributed by atoms with Crippen molar-refractivity contribution < 1.29 is 18.7 Å². The van der Waals surface area contributed by atoms with Crippen LogP contribution in [0.4, 0.5) is 14.5 Å². The first-order valence-corrected chi connectivity index (χ1v) is 7.19. The Balaban J connectivity index is 2.30. The number of benzene rings is 1. The number of rotatable bonds is 4. The van der Waals surface area contributed by atoms with E-state index >= 15 is 0 Å². The number of nitrogens with two attached hydrogens (primary N) is 1. The Hall–Kier alpha value is -1.69. The van der Waals surface area contributed by atoms with Gasteiger partial charge < -0.3 is 15.7 Å². The van der Waals surface area contributed by atoms with Crippen LogP contribution >= 0.6 is 0 Å². The number of aromatic carboxylic acids is 1. The molecule has 1 aliphatic rings. The Labute approximate surface area is 122 Å². The second-order valence-corrected chi connectivity index (χ2v) is 5.42. The van der Waals surface area contributed by atoms with E-state index in [1.807, 2.05) is 6.92 Å². The van der Waals surface area contributed by atoms with E-state index in [1.54, 1.807) is 4.90 Å². The topological polar surface area (TPSA) is 66.6 Å². The van der Waals surface area contributed by atoms with Crippen LogP contribution in [0.15, 0.2) is 12.1 Å². The first kappa shape index (κ1) is 15.7. The Morgan fingerprint density at radius 1 is 1.29 bits per heavy atom. The molecule has 1 aromatic rings. The number of carboxylic acids is 1. The van der Waals surface area contributed by atoms with Crippen LogP contribution in [-0.4, -0.2) is 29.7 Å². The second-order valence-electron chi connectivity index (χ2n) is 5.42. The highest BCUT2D eigenvalue weighted by atomic mass is 19.2. The molecule has 21 heavy (non-hydrogen) atoms. The van der Waals surface area contributed by atoms with E-state index in [9.17, 15) is 13.6 Å². The average molecular weight is 298 g/mol. The molecular weight excluding hydrogens is 278 g/mol. The largest absolute Gasteiger partial charge is 0.478 e. The number of anilines is 1. The molecule has 0 atom stereocenters. The highest BCUT2D eigenvalue weighted by Crippen LogP contribution is 2.30. The van der Waals surface area contributed by atoms with Gasteiger partial charge in [0.25, 0.3) is 0 Å². The molecule has 0 aliphatic heterocycles. The summed E-state index contributed by atoms with van der Waals surface area (Å²) in [5.74, 6) is -3.86. The van der Waals surface area contributed by atoms with Crippen LogP contribution in [0.3, 0.4) is 0 Å². The third kappa shape index (κ3) is 3.15. The van der Waals surface area contributed by atoms with Gasteiger partial charge in [-0.2, -0.15) is 0 Å². The van der Waals surface area contributed by atoms with Crippen molar-refractivity contribution in [1.82, 2.24) is 0 Å². The number of carbonyl (C=O) groups is 1. The first-order valence-electron chi connectivity index (χ1n) is 7.19. The molecule has 1 aliphatic carbocycles. The monoisotopic (exact) mass is 298 g/mol. The lowest BCUT2D eigenvalue weighted by molar-refractivity contribution is 0.0690. The lowest BCUT2D eigenvalue weighted by Gasteiger charge is -2.37. The maximum Gasteiger partial charge on any atom is 0.338 e. The van der Waals surface area contributed by atoms with Gasteiger partial charge in [0.05, 0.1) is 11.3 Å². The molecule has 1 saturated carbocycles. The van der Waals surface area contributed by atoms with E-state index in [1.165, 1.54) is 6.07 Å². The van der Waals surface area contributed by atoms with Gasteiger partial charge in [-0.15, -0.1) is 0 Å². The van der Waals surface area contributed by atoms with Crippen LogP contribution in [0.25, 0.3) is 0 Å². The zero-order valence-corrected chi connectivity index (χ0v) is 12.0. The van der Waals surface area contributed by atoms with Crippen molar-refractivity contribution >= 4 is 11.7 Å². The Kier molecular flexibility index (Phi) is 4.77. The van der Waals surface area contributed by atoms with E-state index in [2.05, 4.69) is 0 Å². The van der Waals surface area contributed by atoms with Crippen molar-refractivity contribution in [3.63, 3.8) is 0 Å². The molecule has 0 heterocycles. The van der Waals surface area contributed by atoms with Gasteiger partial charge in [0.15, 0.2) is 11.6 Å². The molecular formula is C15H20F2N2O2. The third-order valence-corrected chi connectivity index (χ3v) is 4.12. The Morgan fingerprint density at radius 2 is 1.90 bits per heavy atom. The van der Waals surface area contributed by atoms with E-state index < -0.39 is 23.2 Å². The van der Waals surface area contributed by atoms with E-state index in [0.29, 0.717) is 6.54 Å². The van der Waals surface area contributed by atoms with Crippen LogP contribution in [0.2, 0.25) is 0 Å². The van der Waals surface area contributed by atoms with Crippen LogP contribution in [0.1, 0.15) is 43.0 Å². The third-order valence-electron chi connectivity index (χ3n) is 4.12. The summed E-state index contributed by atoms with van der Waals surface area (Å²) in [5.41, 5.74) is 5.35. The SMILES string of the molecule is CCN(c1ccc(C(=O)O)c(F)c1F)C1CCC(N)CC1. The molecule has 0 aromatic heterocycles. The van der Waals surface area contributed by atoms with Gasteiger partial charge in [-0.1, -0.05) is 0 Å². The van der Waals surface area contributed by atoms with E-state index in [4.69, 9.17) is 10.8 Å². The molecule has 0 radical (unpaired) electrons. The average Bonchev–Trinajstić information content (AvgIpc) is 2.45. The zero-order chi connectivity index (χ0) is 15.6. The maximum atomic E-state index is 14.2. The predicted molar refractivity (Wildman–Crippen MR) is 76.6 cm³/mol. The van der Waals surface area contributed by atoms with Crippen molar-refractivity contribution in [1.29, 1.82) is 0 Å². The maximum absolute atomic E-state index is 14.2. The molecule has 0 amide bonds.